The quantitative estimate of drug-likeness (QED) is 0.718. The van der Waals surface area contributed by atoms with Crippen LogP contribution in [0, 0.1) is 0 Å². The second kappa shape index (κ2) is 7.91. The minimum Gasteiger partial charge on any atom is -0.323 e. The van der Waals surface area contributed by atoms with Crippen LogP contribution in [0.3, 0.4) is 0 Å². The summed E-state index contributed by atoms with van der Waals surface area (Å²) in [7, 11) is 0. The minimum absolute atomic E-state index is 0.367. The van der Waals surface area contributed by atoms with E-state index in [4.69, 9.17) is 0 Å². The molecule has 0 saturated carbocycles. The highest BCUT2D eigenvalue weighted by atomic mass is 79.9. The monoisotopic (exact) mass is 422 g/mol. The van der Waals surface area contributed by atoms with Crippen molar-refractivity contribution in [1.82, 2.24) is 0 Å². The van der Waals surface area contributed by atoms with E-state index in [1.165, 1.54) is 12.2 Å². The van der Waals surface area contributed by atoms with Crippen LogP contribution in [0.1, 0.15) is 0 Å². The molecular formula is C16H12Br2N2O2. The first-order valence-corrected chi connectivity index (χ1v) is 7.93. The van der Waals surface area contributed by atoms with Crippen LogP contribution >= 0.6 is 31.9 Å². The molecule has 0 aliphatic rings. The van der Waals surface area contributed by atoms with Gasteiger partial charge in [0, 0.05) is 32.5 Å². The van der Waals surface area contributed by atoms with Crippen LogP contribution in [-0.2, 0) is 9.59 Å². The van der Waals surface area contributed by atoms with Gasteiger partial charge in [-0.3, -0.25) is 9.59 Å². The minimum atomic E-state index is -0.367. The lowest BCUT2D eigenvalue weighted by Crippen LogP contribution is -2.11. The van der Waals surface area contributed by atoms with Crippen molar-refractivity contribution in [2.24, 2.45) is 0 Å². The lowest BCUT2D eigenvalue weighted by molar-refractivity contribution is -0.114. The highest BCUT2D eigenvalue weighted by Gasteiger charge is 2.01. The SMILES string of the molecule is O=C(/C=C/C(=O)Nc1ccc(Br)cc1)Nc1ccc(Br)cc1. The van der Waals surface area contributed by atoms with Crippen LogP contribution in [0.15, 0.2) is 69.6 Å². The number of anilines is 2. The van der Waals surface area contributed by atoms with Crippen LogP contribution in [0.4, 0.5) is 11.4 Å². The second-order valence-corrected chi connectivity index (χ2v) is 6.16. The average Bonchev–Trinajstić information content (AvgIpc) is 2.50. The zero-order valence-corrected chi connectivity index (χ0v) is 14.5. The van der Waals surface area contributed by atoms with E-state index in [-0.39, 0.29) is 11.8 Å². The van der Waals surface area contributed by atoms with Gasteiger partial charge in [0.2, 0.25) is 11.8 Å². The van der Waals surface area contributed by atoms with Crippen LogP contribution in [-0.4, -0.2) is 11.8 Å². The fraction of sp³-hybridized carbons (Fsp3) is 0. The number of amides is 2. The van der Waals surface area contributed by atoms with Gasteiger partial charge in [0.05, 0.1) is 0 Å². The number of carbonyl (C=O) groups is 2. The molecule has 0 unspecified atom stereocenters. The van der Waals surface area contributed by atoms with Crippen LogP contribution < -0.4 is 10.6 Å². The van der Waals surface area contributed by atoms with E-state index in [2.05, 4.69) is 42.5 Å². The maximum absolute atomic E-state index is 11.7. The second-order valence-electron chi connectivity index (χ2n) is 4.33. The van der Waals surface area contributed by atoms with Crippen molar-refractivity contribution in [3.05, 3.63) is 69.6 Å². The molecule has 0 atom stereocenters. The molecule has 0 aliphatic heterocycles. The van der Waals surface area contributed by atoms with Gasteiger partial charge in [-0.2, -0.15) is 0 Å². The molecule has 2 N–H and O–H groups in total. The normalized spacial score (nSPS) is 10.5. The zero-order valence-electron chi connectivity index (χ0n) is 11.3. The molecule has 0 fully saturated rings. The molecule has 0 aliphatic carbocycles. The van der Waals surface area contributed by atoms with E-state index in [9.17, 15) is 9.59 Å². The van der Waals surface area contributed by atoms with Gasteiger partial charge in [-0.25, -0.2) is 0 Å². The van der Waals surface area contributed by atoms with Crippen molar-refractivity contribution in [3.8, 4) is 0 Å². The van der Waals surface area contributed by atoms with Crippen molar-refractivity contribution < 1.29 is 9.59 Å². The predicted molar refractivity (Wildman–Crippen MR) is 94.7 cm³/mol. The maximum Gasteiger partial charge on any atom is 0.248 e. The number of nitrogens with one attached hydrogen (secondary N) is 2. The maximum atomic E-state index is 11.7. The molecule has 6 heteroatoms. The third kappa shape index (κ3) is 5.46. The van der Waals surface area contributed by atoms with Crippen molar-refractivity contribution in [1.29, 1.82) is 0 Å². The average molecular weight is 424 g/mol. The molecule has 22 heavy (non-hydrogen) atoms. The van der Waals surface area contributed by atoms with E-state index >= 15 is 0 Å². The molecule has 2 aromatic carbocycles. The fourth-order valence-electron chi connectivity index (χ4n) is 1.59. The Hall–Kier alpha value is -1.92. The number of carbonyl (C=O) groups excluding carboxylic acids is 2. The Morgan fingerprint density at radius 2 is 1.00 bits per heavy atom. The first-order chi connectivity index (χ1) is 10.5. The van der Waals surface area contributed by atoms with Crippen LogP contribution in [0.5, 0.6) is 0 Å². The summed E-state index contributed by atoms with van der Waals surface area (Å²) in [5.74, 6) is -0.735. The topological polar surface area (TPSA) is 58.2 Å². The third-order valence-corrected chi connectivity index (χ3v) is 3.67. The summed E-state index contributed by atoms with van der Waals surface area (Å²) in [5, 5.41) is 5.33. The number of benzene rings is 2. The molecule has 0 heterocycles. The molecule has 2 amide bonds. The van der Waals surface area contributed by atoms with Gasteiger partial charge in [0.1, 0.15) is 0 Å². The first-order valence-electron chi connectivity index (χ1n) is 6.34. The molecule has 0 radical (unpaired) electrons. The van der Waals surface area contributed by atoms with Gasteiger partial charge in [0.15, 0.2) is 0 Å². The fourth-order valence-corrected chi connectivity index (χ4v) is 2.11. The Bertz CT molecular complexity index is 634. The van der Waals surface area contributed by atoms with Crippen molar-refractivity contribution >= 4 is 55.0 Å². The predicted octanol–water partition coefficient (Wildman–Crippen LogP) is 4.35. The Labute approximate surface area is 144 Å². The third-order valence-electron chi connectivity index (χ3n) is 2.61. The molecule has 112 valence electrons. The van der Waals surface area contributed by atoms with E-state index in [1.54, 1.807) is 24.3 Å². The van der Waals surface area contributed by atoms with Gasteiger partial charge in [-0.15, -0.1) is 0 Å². The molecule has 2 rings (SSSR count). The van der Waals surface area contributed by atoms with Gasteiger partial charge >= 0.3 is 0 Å². The van der Waals surface area contributed by atoms with E-state index in [1.807, 2.05) is 24.3 Å². The molecule has 0 aromatic heterocycles. The Morgan fingerprint density at radius 3 is 1.32 bits per heavy atom. The van der Waals surface area contributed by atoms with E-state index in [0.29, 0.717) is 11.4 Å². The smallest absolute Gasteiger partial charge is 0.248 e. The summed E-state index contributed by atoms with van der Waals surface area (Å²) in [6.07, 6.45) is 2.38. The molecule has 0 bridgehead atoms. The number of rotatable bonds is 4. The highest BCUT2D eigenvalue weighted by molar-refractivity contribution is 9.10. The summed E-state index contributed by atoms with van der Waals surface area (Å²) < 4.78 is 1.85. The molecule has 2 aromatic rings. The highest BCUT2D eigenvalue weighted by Crippen LogP contribution is 2.15. The summed E-state index contributed by atoms with van der Waals surface area (Å²) in [6, 6.07) is 14.3. The van der Waals surface area contributed by atoms with E-state index < -0.39 is 0 Å². The Balaban J connectivity index is 1.87. The largest absolute Gasteiger partial charge is 0.323 e. The Kier molecular flexibility index (Phi) is 5.91. The lowest BCUT2D eigenvalue weighted by atomic mass is 10.3. The van der Waals surface area contributed by atoms with Crippen LogP contribution in [0.25, 0.3) is 0 Å². The van der Waals surface area contributed by atoms with Crippen LogP contribution in [0.2, 0.25) is 0 Å². The number of hydrogen-bond donors (Lipinski definition) is 2. The van der Waals surface area contributed by atoms with E-state index in [0.717, 1.165) is 8.95 Å². The van der Waals surface area contributed by atoms with Gasteiger partial charge in [-0.1, -0.05) is 31.9 Å². The van der Waals surface area contributed by atoms with Gasteiger partial charge in [-0.05, 0) is 48.5 Å². The molecular weight excluding hydrogens is 412 g/mol. The van der Waals surface area contributed by atoms with Gasteiger partial charge < -0.3 is 10.6 Å². The standard InChI is InChI=1S/C16H12Br2N2O2/c17-11-1-5-13(6-2-11)19-15(21)9-10-16(22)20-14-7-3-12(18)4-8-14/h1-10H,(H,19,21)(H,20,22)/b10-9+. The number of halogens is 2. The lowest BCUT2D eigenvalue weighted by Gasteiger charge is -2.03. The summed E-state index contributed by atoms with van der Waals surface area (Å²) in [4.78, 5) is 23.4. The molecule has 4 nitrogen and oxygen atoms in total. The van der Waals surface area contributed by atoms with Crippen molar-refractivity contribution in [2.45, 2.75) is 0 Å². The Morgan fingerprint density at radius 1 is 0.682 bits per heavy atom. The summed E-state index contributed by atoms with van der Waals surface area (Å²) >= 11 is 6.63. The van der Waals surface area contributed by atoms with Crippen molar-refractivity contribution in [3.63, 3.8) is 0 Å². The van der Waals surface area contributed by atoms with Crippen molar-refractivity contribution in [2.75, 3.05) is 10.6 Å². The zero-order chi connectivity index (χ0) is 15.9. The summed E-state index contributed by atoms with van der Waals surface area (Å²) in [6.45, 7) is 0. The van der Waals surface area contributed by atoms with Gasteiger partial charge in [0.25, 0.3) is 0 Å². The number of hydrogen-bond acceptors (Lipinski definition) is 2. The first kappa shape index (κ1) is 16.5. The molecule has 0 spiro atoms. The summed E-state index contributed by atoms with van der Waals surface area (Å²) in [5.41, 5.74) is 1.32. The molecule has 0 saturated heterocycles.